The average molecular weight is 409 g/mol. The van der Waals surface area contributed by atoms with E-state index in [2.05, 4.69) is 4.74 Å². The maximum absolute atomic E-state index is 12.7. The highest BCUT2D eigenvalue weighted by Gasteiger charge is 2.24. The lowest BCUT2D eigenvalue weighted by atomic mass is 10.2. The van der Waals surface area contributed by atoms with Crippen LogP contribution >= 0.6 is 0 Å². The third-order valence-electron chi connectivity index (χ3n) is 4.10. The highest BCUT2D eigenvalue weighted by Crippen LogP contribution is 2.20. The van der Waals surface area contributed by atoms with Crippen molar-refractivity contribution in [1.82, 2.24) is 9.62 Å². The molecule has 0 aliphatic carbocycles. The Kier molecular flexibility index (Phi) is 7.70. The van der Waals surface area contributed by atoms with Crippen LogP contribution in [0, 0.1) is 0 Å². The fourth-order valence-corrected chi connectivity index (χ4v) is 4.22. The minimum absolute atomic E-state index is 0.206. The van der Waals surface area contributed by atoms with Crippen molar-refractivity contribution in [3.8, 4) is 0 Å². The van der Waals surface area contributed by atoms with E-state index in [1.54, 1.807) is 17.4 Å². The average Bonchev–Trinajstić information content (AvgIpc) is 2.94. The van der Waals surface area contributed by atoms with Gasteiger partial charge in [0.2, 0.25) is 10.0 Å². The number of carbonyl (C=O) groups excluding carboxylic acids is 3. The number of nitrogens with zero attached hydrogens (tertiary/aromatic N) is 1. The molecule has 3 amide bonds. The zero-order valence-electron chi connectivity index (χ0n) is 15.3. The van der Waals surface area contributed by atoms with Gasteiger partial charge in [0.05, 0.1) is 4.90 Å². The van der Waals surface area contributed by atoms with Crippen LogP contribution in [0.4, 0.5) is 4.79 Å². The first kappa shape index (κ1) is 21.6. The van der Waals surface area contributed by atoms with E-state index in [-0.39, 0.29) is 4.90 Å². The SMILES string of the molecule is NC(=O)NC(=O)COC(=O)/C=C/c1ccc(S(=O)(=O)N2CCCCCC2)cc1. The number of benzene rings is 1. The molecule has 3 N–H and O–H groups in total. The molecule has 1 aliphatic rings. The molecule has 0 bridgehead atoms. The second-order valence-electron chi connectivity index (χ2n) is 6.24. The Balaban J connectivity index is 1.94. The molecule has 0 aromatic heterocycles. The number of rotatable bonds is 6. The number of esters is 1. The van der Waals surface area contributed by atoms with Crippen molar-refractivity contribution in [3.63, 3.8) is 0 Å². The van der Waals surface area contributed by atoms with Gasteiger partial charge in [0.1, 0.15) is 0 Å². The van der Waals surface area contributed by atoms with E-state index in [4.69, 9.17) is 5.73 Å². The summed E-state index contributed by atoms with van der Waals surface area (Å²) in [6.07, 6.45) is 6.32. The van der Waals surface area contributed by atoms with Crippen molar-refractivity contribution in [2.24, 2.45) is 5.73 Å². The number of nitrogens with two attached hydrogens (primary N) is 1. The molecular formula is C18H23N3O6S. The van der Waals surface area contributed by atoms with E-state index < -0.39 is 34.5 Å². The third kappa shape index (κ3) is 6.46. The molecule has 1 aromatic rings. The van der Waals surface area contributed by atoms with Gasteiger partial charge in [-0.05, 0) is 36.6 Å². The van der Waals surface area contributed by atoms with Gasteiger partial charge in [-0.15, -0.1) is 0 Å². The molecule has 1 fully saturated rings. The van der Waals surface area contributed by atoms with Crippen LogP contribution in [0.1, 0.15) is 31.2 Å². The second kappa shape index (κ2) is 10.00. The Bertz CT molecular complexity index is 841. The van der Waals surface area contributed by atoms with Crippen LogP contribution in [-0.4, -0.2) is 50.3 Å². The molecule has 1 saturated heterocycles. The standard InChI is InChI=1S/C18H23N3O6S/c19-18(24)20-16(22)13-27-17(23)10-7-14-5-8-15(9-6-14)28(25,26)21-11-3-1-2-4-12-21/h5-10H,1-4,11-13H2,(H3,19,20,22,24)/b10-7+. The van der Waals surface area contributed by atoms with Gasteiger partial charge >= 0.3 is 12.0 Å². The molecule has 10 heteroatoms. The number of carbonyl (C=O) groups is 3. The Labute approximate surface area is 163 Å². The summed E-state index contributed by atoms with van der Waals surface area (Å²) in [5, 5.41) is 1.76. The van der Waals surface area contributed by atoms with Gasteiger partial charge in [-0.2, -0.15) is 4.31 Å². The number of hydrogen-bond donors (Lipinski definition) is 2. The number of amides is 3. The number of imide groups is 1. The van der Waals surface area contributed by atoms with E-state index in [1.165, 1.54) is 22.5 Å². The largest absolute Gasteiger partial charge is 0.452 e. The van der Waals surface area contributed by atoms with Crippen molar-refractivity contribution in [2.45, 2.75) is 30.6 Å². The molecule has 28 heavy (non-hydrogen) atoms. The summed E-state index contributed by atoms with van der Waals surface area (Å²) in [4.78, 5) is 33.4. The summed E-state index contributed by atoms with van der Waals surface area (Å²) in [5.41, 5.74) is 5.35. The zero-order valence-corrected chi connectivity index (χ0v) is 16.1. The van der Waals surface area contributed by atoms with Gasteiger partial charge < -0.3 is 10.5 Å². The lowest BCUT2D eigenvalue weighted by molar-refractivity contribution is -0.143. The van der Waals surface area contributed by atoms with E-state index in [1.807, 2.05) is 0 Å². The molecule has 0 atom stereocenters. The van der Waals surface area contributed by atoms with Crippen molar-refractivity contribution >= 4 is 34.0 Å². The molecule has 0 saturated carbocycles. The van der Waals surface area contributed by atoms with Crippen molar-refractivity contribution in [3.05, 3.63) is 35.9 Å². The summed E-state index contributed by atoms with van der Waals surface area (Å²) >= 11 is 0. The third-order valence-corrected chi connectivity index (χ3v) is 6.02. The van der Waals surface area contributed by atoms with Crippen LogP contribution in [0.3, 0.4) is 0 Å². The first-order valence-corrected chi connectivity index (χ1v) is 10.3. The second-order valence-corrected chi connectivity index (χ2v) is 8.18. The Hall–Kier alpha value is -2.72. The number of sulfonamides is 1. The topological polar surface area (TPSA) is 136 Å². The Morgan fingerprint density at radius 3 is 2.25 bits per heavy atom. The predicted molar refractivity (Wildman–Crippen MR) is 101 cm³/mol. The number of ether oxygens (including phenoxy) is 1. The Morgan fingerprint density at radius 2 is 1.68 bits per heavy atom. The van der Waals surface area contributed by atoms with Crippen LogP contribution in [0.15, 0.2) is 35.2 Å². The first-order chi connectivity index (χ1) is 13.3. The number of primary amides is 1. The lowest BCUT2D eigenvalue weighted by Crippen LogP contribution is -2.37. The van der Waals surface area contributed by atoms with Gasteiger partial charge in [-0.25, -0.2) is 18.0 Å². The highest BCUT2D eigenvalue weighted by atomic mass is 32.2. The first-order valence-electron chi connectivity index (χ1n) is 8.83. The molecule has 1 heterocycles. The lowest BCUT2D eigenvalue weighted by Gasteiger charge is -2.19. The number of nitrogens with one attached hydrogen (secondary N) is 1. The van der Waals surface area contributed by atoms with Gasteiger partial charge in [0.15, 0.2) is 6.61 Å². The molecule has 2 rings (SSSR count). The normalized spacial score (nSPS) is 15.7. The minimum Gasteiger partial charge on any atom is -0.452 e. The Morgan fingerprint density at radius 1 is 1.07 bits per heavy atom. The maximum Gasteiger partial charge on any atom is 0.331 e. The molecule has 152 valence electrons. The molecule has 1 aromatic carbocycles. The zero-order chi connectivity index (χ0) is 20.6. The summed E-state index contributed by atoms with van der Waals surface area (Å²) < 4.78 is 31.6. The highest BCUT2D eigenvalue weighted by molar-refractivity contribution is 7.89. The monoisotopic (exact) mass is 409 g/mol. The van der Waals surface area contributed by atoms with E-state index in [9.17, 15) is 22.8 Å². The fraction of sp³-hybridized carbons (Fsp3) is 0.389. The van der Waals surface area contributed by atoms with Gasteiger partial charge in [-0.1, -0.05) is 25.0 Å². The van der Waals surface area contributed by atoms with E-state index in [0.29, 0.717) is 18.7 Å². The molecule has 0 radical (unpaired) electrons. The molecule has 9 nitrogen and oxygen atoms in total. The maximum atomic E-state index is 12.7. The van der Waals surface area contributed by atoms with Crippen LogP contribution < -0.4 is 11.1 Å². The van der Waals surface area contributed by atoms with Crippen LogP contribution in [-0.2, 0) is 24.3 Å². The van der Waals surface area contributed by atoms with Crippen LogP contribution in [0.25, 0.3) is 6.08 Å². The van der Waals surface area contributed by atoms with Gasteiger partial charge in [-0.3, -0.25) is 10.1 Å². The smallest absolute Gasteiger partial charge is 0.331 e. The summed E-state index contributed by atoms with van der Waals surface area (Å²) in [6.45, 7) is 0.414. The van der Waals surface area contributed by atoms with Crippen molar-refractivity contribution in [2.75, 3.05) is 19.7 Å². The minimum atomic E-state index is -3.53. The van der Waals surface area contributed by atoms with Crippen molar-refractivity contribution in [1.29, 1.82) is 0 Å². The summed E-state index contributed by atoms with van der Waals surface area (Å²) in [5.74, 6) is -1.63. The molecule has 0 unspecified atom stereocenters. The summed E-state index contributed by atoms with van der Waals surface area (Å²) in [7, 11) is -3.53. The number of urea groups is 1. The molecule has 0 spiro atoms. The van der Waals surface area contributed by atoms with Crippen LogP contribution in [0.5, 0.6) is 0 Å². The van der Waals surface area contributed by atoms with Gasteiger partial charge in [0.25, 0.3) is 5.91 Å². The molecule has 1 aliphatic heterocycles. The van der Waals surface area contributed by atoms with E-state index in [0.717, 1.165) is 31.8 Å². The van der Waals surface area contributed by atoms with Crippen LogP contribution in [0.2, 0.25) is 0 Å². The van der Waals surface area contributed by atoms with E-state index >= 15 is 0 Å². The fourth-order valence-electron chi connectivity index (χ4n) is 2.70. The van der Waals surface area contributed by atoms with Gasteiger partial charge in [0, 0.05) is 19.2 Å². The molecular weight excluding hydrogens is 386 g/mol. The quantitative estimate of drug-likeness (QED) is 0.531. The predicted octanol–water partition coefficient (Wildman–Crippen LogP) is 1.00. The van der Waals surface area contributed by atoms with Crippen molar-refractivity contribution < 1.29 is 27.5 Å². The number of hydrogen-bond acceptors (Lipinski definition) is 6. The summed E-state index contributed by atoms with van der Waals surface area (Å²) in [6, 6.07) is 5.10.